The lowest BCUT2D eigenvalue weighted by atomic mass is 9.84. The molecule has 0 unspecified atom stereocenters. The molecule has 1 saturated carbocycles. The van der Waals surface area contributed by atoms with Crippen LogP contribution in [0.4, 0.5) is 8.78 Å². The fourth-order valence-corrected chi connectivity index (χ4v) is 3.53. The maximum absolute atomic E-state index is 13.7. The Balaban J connectivity index is 1.77. The first kappa shape index (κ1) is 15.1. The minimum Gasteiger partial charge on any atom is -0.386 e. The Morgan fingerprint density at radius 3 is 2.55 bits per heavy atom. The number of hydrogen-bond acceptors (Lipinski definition) is 3. The number of carbonyl (C=O) groups excluding carboxylic acids is 2. The second kappa shape index (κ2) is 5.43. The normalized spacial score (nSPS) is 21.9. The molecule has 22 heavy (non-hydrogen) atoms. The second-order valence-corrected chi connectivity index (χ2v) is 6.16. The van der Waals surface area contributed by atoms with Crippen LogP contribution in [0.3, 0.4) is 0 Å². The minimum atomic E-state index is -1.36. The Morgan fingerprint density at radius 1 is 1.23 bits per heavy atom. The summed E-state index contributed by atoms with van der Waals surface area (Å²) in [7, 11) is 0. The van der Waals surface area contributed by atoms with E-state index in [2.05, 4.69) is 0 Å². The molecule has 1 aromatic rings. The van der Waals surface area contributed by atoms with E-state index in [0.29, 0.717) is 18.9 Å². The predicted octanol–water partition coefficient (Wildman–Crippen LogP) is 2.32. The molecule has 4 nitrogen and oxygen atoms in total. The molecular weight excluding hydrogens is 292 g/mol. The third-order valence-electron chi connectivity index (χ3n) is 4.73. The van der Waals surface area contributed by atoms with E-state index < -0.39 is 23.2 Å². The Labute approximate surface area is 126 Å². The highest BCUT2D eigenvalue weighted by molar-refractivity contribution is 6.06. The molecule has 6 heteroatoms. The highest BCUT2D eigenvalue weighted by atomic mass is 19.1. The van der Waals surface area contributed by atoms with Crippen molar-refractivity contribution in [3.8, 4) is 0 Å². The molecule has 1 atom stereocenters. The lowest BCUT2D eigenvalue weighted by Crippen LogP contribution is -2.37. The van der Waals surface area contributed by atoms with Crippen LogP contribution in [-0.2, 0) is 9.59 Å². The van der Waals surface area contributed by atoms with Crippen molar-refractivity contribution in [2.45, 2.75) is 38.2 Å². The number of amides is 2. The topological polar surface area (TPSA) is 57.6 Å². The Bertz CT molecular complexity index is 626. The molecule has 0 aromatic heterocycles. The van der Waals surface area contributed by atoms with Crippen molar-refractivity contribution in [2.24, 2.45) is 5.41 Å². The van der Waals surface area contributed by atoms with E-state index in [0.717, 1.165) is 29.9 Å². The average molecular weight is 309 g/mol. The second-order valence-electron chi connectivity index (χ2n) is 6.16. The monoisotopic (exact) mass is 309 g/mol. The number of nitrogens with zero attached hydrogens (tertiary/aromatic N) is 1. The molecule has 2 fully saturated rings. The van der Waals surface area contributed by atoms with E-state index >= 15 is 0 Å². The van der Waals surface area contributed by atoms with E-state index in [4.69, 9.17) is 0 Å². The fourth-order valence-electron chi connectivity index (χ4n) is 3.53. The van der Waals surface area contributed by atoms with Crippen molar-refractivity contribution in [1.82, 2.24) is 4.90 Å². The summed E-state index contributed by atoms with van der Waals surface area (Å²) in [6.07, 6.45) is 2.03. The van der Waals surface area contributed by atoms with Crippen molar-refractivity contribution >= 4 is 11.8 Å². The largest absolute Gasteiger partial charge is 0.386 e. The third-order valence-corrected chi connectivity index (χ3v) is 4.73. The number of benzene rings is 1. The van der Waals surface area contributed by atoms with Gasteiger partial charge in [0.05, 0.1) is 18.1 Å². The van der Waals surface area contributed by atoms with Crippen molar-refractivity contribution in [3.05, 3.63) is 35.4 Å². The zero-order valence-electron chi connectivity index (χ0n) is 12.0. The molecule has 2 amide bonds. The van der Waals surface area contributed by atoms with Crippen molar-refractivity contribution in [3.63, 3.8) is 0 Å². The standard InChI is InChI=1S/C16H17F2NO3/c17-10-3-4-11(12(18)7-10)13(20)9-19-14(21)8-16(15(19)22)5-1-2-6-16/h3-4,7,13,20H,1-2,5-6,8-9H2/t13-/m0/s1. The summed E-state index contributed by atoms with van der Waals surface area (Å²) in [5.74, 6) is -2.22. The van der Waals surface area contributed by atoms with Gasteiger partial charge in [-0.1, -0.05) is 18.9 Å². The summed E-state index contributed by atoms with van der Waals surface area (Å²) in [5, 5.41) is 10.1. The van der Waals surface area contributed by atoms with Gasteiger partial charge in [-0.15, -0.1) is 0 Å². The lowest BCUT2D eigenvalue weighted by molar-refractivity contribution is -0.143. The molecular formula is C16H17F2NO3. The van der Waals surface area contributed by atoms with Gasteiger partial charge in [-0.25, -0.2) is 8.78 Å². The zero-order valence-corrected chi connectivity index (χ0v) is 12.0. The first-order valence-corrected chi connectivity index (χ1v) is 7.41. The highest BCUT2D eigenvalue weighted by Gasteiger charge is 2.52. The summed E-state index contributed by atoms with van der Waals surface area (Å²) in [4.78, 5) is 25.6. The van der Waals surface area contributed by atoms with Crippen LogP contribution >= 0.6 is 0 Å². The predicted molar refractivity (Wildman–Crippen MR) is 73.6 cm³/mol. The van der Waals surface area contributed by atoms with Gasteiger partial charge >= 0.3 is 0 Å². The van der Waals surface area contributed by atoms with Gasteiger partial charge in [0.15, 0.2) is 0 Å². The molecule has 1 saturated heterocycles. The van der Waals surface area contributed by atoms with Gasteiger partial charge in [-0.05, 0) is 18.9 Å². The van der Waals surface area contributed by atoms with Gasteiger partial charge in [0.25, 0.3) is 0 Å². The summed E-state index contributed by atoms with van der Waals surface area (Å²) in [6.45, 7) is -0.290. The number of hydrogen-bond donors (Lipinski definition) is 1. The number of imide groups is 1. The van der Waals surface area contributed by atoms with E-state index in [1.54, 1.807) is 0 Å². The van der Waals surface area contributed by atoms with Crippen LogP contribution in [-0.4, -0.2) is 28.4 Å². The number of rotatable bonds is 3. The Morgan fingerprint density at radius 2 is 1.91 bits per heavy atom. The molecule has 1 aliphatic carbocycles. The lowest BCUT2D eigenvalue weighted by Gasteiger charge is -2.23. The van der Waals surface area contributed by atoms with E-state index in [1.807, 2.05) is 0 Å². The van der Waals surface area contributed by atoms with Gasteiger partial charge in [-0.2, -0.15) is 0 Å². The van der Waals surface area contributed by atoms with Gasteiger partial charge in [-0.3, -0.25) is 14.5 Å². The van der Waals surface area contributed by atoms with E-state index in [1.165, 1.54) is 0 Å². The smallest absolute Gasteiger partial charge is 0.236 e. The molecule has 0 radical (unpaired) electrons. The number of β-amino-alcohol motifs (C(OH)–C–C–N with tert-alkyl or cyclic N) is 1. The van der Waals surface area contributed by atoms with Crippen LogP contribution in [0.5, 0.6) is 0 Å². The summed E-state index contributed by atoms with van der Waals surface area (Å²) < 4.78 is 26.6. The molecule has 2 aliphatic rings. The van der Waals surface area contributed by atoms with E-state index in [9.17, 15) is 23.5 Å². The minimum absolute atomic E-state index is 0.116. The number of carbonyl (C=O) groups is 2. The SMILES string of the molecule is O=C1CC2(CCCC2)C(=O)N1C[C@H](O)c1ccc(F)cc1F. The number of likely N-dealkylation sites (tertiary alicyclic amines) is 1. The van der Waals surface area contributed by atoms with Crippen LogP contribution in [0.2, 0.25) is 0 Å². The van der Waals surface area contributed by atoms with Crippen LogP contribution in [0.1, 0.15) is 43.8 Å². The van der Waals surface area contributed by atoms with Crippen LogP contribution < -0.4 is 0 Å². The first-order chi connectivity index (χ1) is 10.4. The maximum atomic E-state index is 13.7. The van der Waals surface area contributed by atoms with Gasteiger partial charge < -0.3 is 5.11 Å². The quantitative estimate of drug-likeness (QED) is 0.872. The average Bonchev–Trinajstić information content (AvgIpc) is 3.00. The Hall–Kier alpha value is -1.82. The van der Waals surface area contributed by atoms with Crippen molar-refractivity contribution < 1.29 is 23.5 Å². The molecule has 1 aromatic carbocycles. The number of aliphatic hydroxyl groups excluding tert-OH is 1. The summed E-state index contributed by atoms with van der Waals surface area (Å²) >= 11 is 0. The first-order valence-electron chi connectivity index (χ1n) is 7.41. The van der Waals surface area contributed by atoms with Gasteiger partial charge in [0.1, 0.15) is 11.6 Å². The third kappa shape index (κ3) is 2.41. The fraction of sp³-hybridized carbons (Fsp3) is 0.500. The Kier molecular flexibility index (Phi) is 3.72. The van der Waals surface area contributed by atoms with Crippen LogP contribution in [0.15, 0.2) is 18.2 Å². The van der Waals surface area contributed by atoms with Crippen molar-refractivity contribution in [2.75, 3.05) is 6.54 Å². The maximum Gasteiger partial charge on any atom is 0.236 e. The van der Waals surface area contributed by atoms with Crippen molar-refractivity contribution in [1.29, 1.82) is 0 Å². The molecule has 1 aliphatic heterocycles. The molecule has 1 N–H and O–H groups in total. The van der Waals surface area contributed by atoms with Crippen LogP contribution in [0, 0.1) is 17.0 Å². The summed E-state index contributed by atoms with van der Waals surface area (Å²) in [6, 6.07) is 2.84. The van der Waals surface area contributed by atoms with Gasteiger partial charge in [0, 0.05) is 18.1 Å². The number of aliphatic hydroxyl groups is 1. The van der Waals surface area contributed by atoms with E-state index in [-0.39, 0.29) is 30.3 Å². The number of halogens is 2. The molecule has 1 heterocycles. The van der Waals surface area contributed by atoms with Gasteiger partial charge in [0.2, 0.25) is 11.8 Å². The molecule has 0 bridgehead atoms. The molecule has 118 valence electrons. The summed E-state index contributed by atoms with van der Waals surface area (Å²) in [5.41, 5.74) is -0.729. The zero-order chi connectivity index (χ0) is 15.9. The molecule has 1 spiro atoms. The molecule has 3 rings (SSSR count). The highest BCUT2D eigenvalue weighted by Crippen LogP contribution is 2.47. The van der Waals surface area contributed by atoms with Crippen LogP contribution in [0.25, 0.3) is 0 Å².